The number of aliphatic hydroxyl groups excluding tert-OH is 1. The Hall–Kier alpha value is -0.610. The quantitative estimate of drug-likeness (QED) is 0.590. The fourth-order valence-electron chi connectivity index (χ4n) is 1.43. The van der Waals surface area contributed by atoms with E-state index in [2.05, 4.69) is 0 Å². The SMILES string of the molecule is CO[C@H]1C[C@@H](C(=O)O)C[C@H]1O. The van der Waals surface area contributed by atoms with Crippen LogP contribution in [0.3, 0.4) is 0 Å². The molecule has 0 amide bonds. The van der Waals surface area contributed by atoms with E-state index in [1.807, 2.05) is 0 Å². The monoisotopic (exact) mass is 160 g/mol. The second kappa shape index (κ2) is 3.19. The number of hydrogen-bond donors (Lipinski definition) is 2. The molecule has 4 heteroatoms. The van der Waals surface area contributed by atoms with Gasteiger partial charge in [-0.25, -0.2) is 0 Å². The van der Waals surface area contributed by atoms with Crippen molar-refractivity contribution in [2.75, 3.05) is 7.11 Å². The summed E-state index contributed by atoms with van der Waals surface area (Å²) in [6.45, 7) is 0. The Morgan fingerprint density at radius 1 is 1.55 bits per heavy atom. The van der Waals surface area contributed by atoms with Crippen LogP contribution in [0.25, 0.3) is 0 Å². The van der Waals surface area contributed by atoms with Crippen LogP contribution in [0.2, 0.25) is 0 Å². The van der Waals surface area contributed by atoms with E-state index in [1.54, 1.807) is 0 Å². The van der Waals surface area contributed by atoms with Crippen LogP contribution in [0.4, 0.5) is 0 Å². The van der Waals surface area contributed by atoms with Crippen LogP contribution in [0.15, 0.2) is 0 Å². The highest BCUT2D eigenvalue weighted by atomic mass is 16.5. The van der Waals surface area contributed by atoms with E-state index in [-0.39, 0.29) is 6.10 Å². The van der Waals surface area contributed by atoms with Crippen molar-refractivity contribution in [3.05, 3.63) is 0 Å². The molecule has 64 valence electrons. The molecule has 2 N–H and O–H groups in total. The van der Waals surface area contributed by atoms with Crippen LogP contribution in [-0.4, -0.2) is 35.5 Å². The van der Waals surface area contributed by atoms with Gasteiger partial charge in [0.05, 0.1) is 18.1 Å². The van der Waals surface area contributed by atoms with Crippen LogP contribution in [0, 0.1) is 5.92 Å². The molecule has 11 heavy (non-hydrogen) atoms. The maximum absolute atomic E-state index is 10.4. The summed E-state index contributed by atoms with van der Waals surface area (Å²) in [6.07, 6.45) is -0.168. The van der Waals surface area contributed by atoms with E-state index < -0.39 is 18.0 Å². The molecule has 1 saturated carbocycles. The number of hydrogen-bond acceptors (Lipinski definition) is 3. The first-order valence-corrected chi connectivity index (χ1v) is 3.58. The molecule has 0 aromatic rings. The van der Waals surface area contributed by atoms with Gasteiger partial charge in [0.15, 0.2) is 0 Å². The van der Waals surface area contributed by atoms with Gasteiger partial charge in [-0.3, -0.25) is 4.79 Å². The number of aliphatic hydroxyl groups is 1. The van der Waals surface area contributed by atoms with E-state index in [0.717, 1.165) is 0 Å². The average Bonchev–Trinajstić information content (AvgIpc) is 2.31. The summed E-state index contributed by atoms with van der Waals surface area (Å²) in [5.41, 5.74) is 0. The van der Waals surface area contributed by atoms with Gasteiger partial charge in [0.25, 0.3) is 0 Å². The topological polar surface area (TPSA) is 66.8 Å². The molecule has 1 aliphatic rings. The lowest BCUT2D eigenvalue weighted by molar-refractivity contribution is -0.141. The molecule has 0 unspecified atom stereocenters. The molecule has 0 aromatic heterocycles. The molecule has 0 bridgehead atoms. The average molecular weight is 160 g/mol. The predicted octanol–water partition coefficient (Wildman–Crippen LogP) is -0.143. The Balaban J connectivity index is 2.49. The summed E-state index contributed by atoms with van der Waals surface area (Å²) in [5, 5.41) is 17.8. The number of rotatable bonds is 2. The van der Waals surface area contributed by atoms with Crippen molar-refractivity contribution in [3.8, 4) is 0 Å². The van der Waals surface area contributed by atoms with Gasteiger partial charge in [-0.05, 0) is 12.8 Å². The number of carboxylic acid groups (broad SMARTS) is 1. The third-order valence-corrected chi connectivity index (χ3v) is 2.12. The maximum Gasteiger partial charge on any atom is 0.306 e. The van der Waals surface area contributed by atoms with Gasteiger partial charge in [-0.1, -0.05) is 0 Å². The van der Waals surface area contributed by atoms with Crippen LogP contribution < -0.4 is 0 Å². The zero-order valence-electron chi connectivity index (χ0n) is 6.36. The second-order valence-corrected chi connectivity index (χ2v) is 2.85. The van der Waals surface area contributed by atoms with E-state index in [9.17, 15) is 9.90 Å². The number of carbonyl (C=O) groups is 1. The molecule has 1 aliphatic carbocycles. The molecule has 0 aliphatic heterocycles. The van der Waals surface area contributed by atoms with Crippen molar-refractivity contribution in [2.24, 2.45) is 5.92 Å². The molecular formula is C7H12O4. The van der Waals surface area contributed by atoms with Crippen LogP contribution in [0.5, 0.6) is 0 Å². The van der Waals surface area contributed by atoms with E-state index in [0.29, 0.717) is 12.8 Å². The van der Waals surface area contributed by atoms with E-state index in [4.69, 9.17) is 9.84 Å². The molecule has 1 fully saturated rings. The van der Waals surface area contributed by atoms with Crippen LogP contribution in [-0.2, 0) is 9.53 Å². The molecule has 1 rings (SSSR count). The number of carboxylic acids is 1. The summed E-state index contributed by atoms with van der Waals surface area (Å²) < 4.78 is 4.89. The van der Waals surface area contributed by atoms with Crippen molar-refractivity contribution >= 4 is 5.97 Å². The smallest absolute Gasteiger partial charge is 0.306 e. The first-order chi connectivity index (χ1) is 5.15. The first kappa shape index (κ1) is 8.49. The zero-order valence-corrected chi connectivity index (χ0v) is 6.36. The minimum absolute atomic E-state index is 0.295. The standard InChI is InChI=1S/C7H12O4/c1-11-6-3-4(7(9)10)2-5(6)8/h4-6,8H,2-3H2,1H3,(H,9,10)/t4-,5+,6-/m0/s1. The van der Waals surface area contributed by atoms with Crippen molar-refractivity contribution in [1.82, 2.24) is 0 Å². The fourth-order valence-corrected chi connectivity index (χ4v) is 1.43. The summed E-state index contributed by atoms with van der Waals surface area (Å²) in [4.78, 5) is 10.4. The number of methoxy groups -OCH3 is 1. The molecule has 0 saturated heterocycles. The fraction of sp³-hybridized carbons (Fsp3) is 0.857. The highest BCUT2D eigenvalue weighted by Gasteiger charge is 2.36. The Kier molecular flexibility index (Phi) is 2.46. The van der Waals surface area contributed by atoms with Crippen molar-refractivity contribution < 1.29 is 19.7 Å². The third kappa shape index (κ3) is 1.70. The third-order valence-electron chi connectivity index (χ3n) is 2.12. The predicted molar refractivity (Wildman–Crippen MR) is 37.2 cm³/mol. The van der Waals surface area contributed by atoms with Gasteiger partial charge in [0.1, 0.15) is 0 Å². The lowest BCUT2D eigenvalue weighted by atomic mass is 10.1. The molecule has 0 aromatic carbocycles. The van der Waals surface area contributed by atoms with Crippen molar-refractivity contribution in [1.29, 1.82) is 0 Å². The van der Waals surface area contributed by atoms with Gasteiger partial charge >= 0.3 is 5.97 Å². The van der Waals surface area contributed by atoms with E-state index >= 15 is 0 Å². The summed E-state index contributed by atoms with van der Waals surface area (Å²) in [5.74, 6) is -1.28. The van der Waals surface area contributed by atoms with Crippen molar-refractivity contribution in [2.45, 2.75) is 25.0 Å². The van der Waals surface area contributed by atoms with Crippen LogP contribution in [0.1, 0.15) is 12.8 Å². The summed E-state index contributed by atoms with van der Waals surface area (Å²) in [6, 6.07) is 0. The largest absolute Gasteiger partial charge is 0.481 e. The molecule has 0 spiro atoms. The Morgan fingerprint density at radius 3 is 2.45 bits per heavy atom. The minimum atomic E-state index is -0.844. The summed E-state index contributed by atoms with van der Waals surface area (Å²) in [7, 11) is 1.48. The summed E-state index contributed by atoms with van der Waals surface area (Å²) >= 11 is 0. The van der Waals surface area contributed by atoms with Gasteiger partial charge < -0.3 is 14.9 Å². The highest BCUT2D eigenvalue weighted by Crippen LogP contribution is 2.27. The zero-order chi connectivity index (χ0) is 8.43. The van der Waals surface area contributed by atoms with Crippen molar-refractivity contribution in [3.63, 3.8) is 0 Å². The molecule has 4 nitrogen and oxygen atoms in total. The molecule has 0 radical (unpaired) electrons. The van der Waals surface area contributed by atoms with Crippen LogP contribution >= 0.6 is 0 Å². The Labute approximate surface area is 64.8 Å². The Bertz CT molecular complexity index is 157. The lowest BCUT2D eigenvalue weighted by Crippen LogP contribution is -2.20. The van der Waals surface area contributed by atoms with E-state index in [1.165, 1.54) is 7.11 Å². The van der Waals surface area contributed by atoms with Gasteiger partial charge in [0, 0.05) is 7.11 Å². The molecule has 0 heterocycles. The lowest BCUT2D eigenvalue weighted by Gasteiger charge is -2.10. The molecule has 3 atom stereocenters. The maximum atomic E-state index is 10.4. The van der Waals surface area contributed by atoms with Gasteiger partial charge in [-0.15, -0.1) is 0 Å². The number of ether oxygens (including phenoxy) is 1. The van der Waals surface area contributed by atoms with Gasteiger partial charge in [-0.2, -0.15) is 0 Å². The first-order valence-electron chi connectivity index (χ1n) is 3.58. The van der Waals surface area contributed by atoms with Gasteiger partial charge in [0.2, 0.25) is 0 Å². The Morgan fingerprint density at radius 2 is 2.18 bits per heavy atom. The second-order valence-electron chi connectivity index (χ2n) is 2.85. The number of aliphatic carboxylic acids is 1. The normalized spacial score (nSPS) is 37.5. The highest BCUT2D eigenvalue weighted by molar-refractivity contribution is 5.70. The molecular weight excluding hydrogens is 148 g/mol. The minimum Gasteiger partial charge on any atom is -0.481 e.